The van der Waals surface area contributed by atoms with E-state index in [2.05, 4.69) is 4.90 Å². The van der Waals surface area contributed by atoms with Gasteiger partial charge >= 0.3 is 0 Å². The topological polar surface area (TPSA) is 37.4 Å². The van der Waals surface area contributed by atoms with Gasteiger partial charge in [-0.3, -0.25) is 9.59 Å². The molecule has 2 aliphatic rings. The second-order valence-corrected chi connectivity index (χ2v) is 6.41. The number of benzene rings is 1. The molecule has 0 bridgehead atoms. The van der Waals surface area contributed by atoms with Crippen LogP contribution in [0.1, 0.15) is 48.9 Å². The van der Waals surface area contributed by atoms with Crippen LogP contribution in [0.2, 0.25) is 0 Å². The van der Waals surface area contributed by atoms with Crippen LogP contribution in [0.3, 0.4) is 0 Å². The summed E-state index contributed by atoms with van der Waals surface area (Å²) in [5, 5.41) is 0. The molecule has 0 N–H and O–H groups in total. The first kappa shape index (κ1) is 15.0. The zero-order valence-electron chi connectivity index (χ0n) is 12.9. The highest BCUT2D eigenvalue weighted by molar-refractivity contribution is 5.98. The van der Waals surface area contributed by atoms with Gasteiger partial charge in [-0.2, -0.15) is 0 Å². The Kier molecular flexibility index (Phi) is 4.71. The molecular formula is C19H23NO2. The molecule has 1 saturated carbocycles. The molecule has 0 spiro atoms. The second kappa shape index (κ2) is 6.91. The summed E-state index contributed by atoms with van der Waals surface area (Å²) in [5.74, 6) is 0.866. The molecule has 0 amide bonds. The molecule has 3 rings (SSSR count). The van der Waals surface area contributed by atoms with Crippen molar-refractivity contribution in [3.05, 3.63) is 48.2 Å². The zero-order chi connectivity index (χ0) is 15.4. The Morgan fingerprint density at radius 3 is 2.55 bits per heavy atom. The van der Waals surface area contributed by atoms with Crippen LogP contribution in [-0.2, 0) is 4.79 Å². The van der Waals surface area contributed by atoms with Gasteiger partial charge in [0.05, 0.1) is 6.54 Å². The van der Waals surface area contributed by atoms with Gasteiger partial charge in [-0.25, -0.2) is 0 Å². The van der Waals surface area contributed by atoms with Gasteiger partial charge < -0.3 is 4.90 Å². The van der Waals surface area contributed by atoms with Crippen LogP contribution in [0, 0.1) is 5.92 Å². The van der Waals surface area contributed by atoms with Crippen molar-refractivity contribution < 1.29 is 9.59 Å². The van der Waals surface area contributed by atoms with Crippen molar-refractivity contribution in [2.75, 3.05) is 6.54 Å². The van der Waals surface area contributed by atoms with E-state index < -0.39 is 0 Å². The van der Waals surface area contributed by atoms with Crippen molar-refractivity contribution in [1.29, 1.82) is 0 Å². The lowest BCUT2D eigenvalue weighted by Crippen LogP contribution is -2.44. The molecule has 1 unspecified atom stereocenters. The molecule has 1 heterocycles. The van der Waals surface area contributed by atoms with Gasteiger partial charge in [0.15, 0.2) is 11.6 Å². The SMILES string of the molecule is O=C1C=CN(CC(=O)c2ccccc2)C(C2CCCCC2)C1. The number of hydrogen-bond acceptors (Lipinski definition) is 3. The first-order valence-electron chi connectivity index (χ1n) is 8.29. The predicted molar refractivity (Wildman–Crippen MR) is 86.6 cm³/mol. The molecule has 0 saturated heterocycles. The third kappa shape index (κ3) is 3.46. The number of nitrogens with zero attached hydrogens (tertiary/aromatic N) is 1. The van der Waals surface area contributed by atoms with E-state index >= 15 is 0 Å². The molecule has 1 fully saturated rings. The summed E-state index contributed by atoms with van der Waals surface area (Å²) in [6, 6.07) is 9.61. The summed E-state index contributed by atoms with van der Waals surface area (Å²) < 4.78 is 0. The van der Waals surface area contributed by atoms with E-state index in [1.54, 1.807) is 6.08 Å². The van der Waals surface area contributed by atoms with Gasteiger partial charge in [-0.05, 0) is 24.8 Å². The normalized spacial score (nSPS) is 22.8. The fourth-order valence-corrected chi connectivity index (χ4v) is 3.69. The van der Waals surface area contributed by atoms with E-state index in [4.69, 9.17) is 0 Å². The van der Waals surface area contributed by atoms with Crippen LogP contribution in [-0.4, -0.2) is 29.1 Å². The van der Waals surface area contributed by atoms with E-state index in [0.29, 0.717) is 18.9 Å². The van der Waals surface area contributed by atoms with Crippen molar-refractivity contribution in [3.63, 3.8) is 0 Å². The Morgan fingerprint density at radius 1 is 1.09 bits per heavy atom. The fourth-order valence-electron chi connectivity index (χ4n) is 3.69. The maximum absolute atomic E-state index is 12.5. The Hall–Kier alpha value is -1.90. The number of carbonyl (C=O) groups is 2. The summed E-state index contributed by atoms with van der Waals surface area (Å²) in [6.45, 7) is 0.370. The van der Waals surface area contributed by atoms with E-state index in [-0.39, 0.29) is 17.6 Å². The van der Waals surface area contributed by atoms with Crippen molar-refractivity contribution in [2.24, 2.45) is 5.92 Å². The maximum atomic E-state index is 12.5. The molecule has 3 nitrogen and oxygen atoms in total. The third-order valence-corrected chi connectivity index (χ3v) is 4.90. The van der Waals surface area contributed by atoms with E-state index in [1.807, 2.05) is 36.5 Å². The average Bonchev–Trinajstić information content (AvgIpc) is 2.58. The van der Waals surface area contributed by atoms with E-state index in [0.717, 1.165) is 5.56 Å². The summed E-state index contributed by atoms with van der Waals surface area (Å²) in [5.41, 5.74) is 0.746. The smallest absolute Gasteiger partial charge is 0.182 e. The molecule has 1 aromatic rings. The monoisotopic (exact) mass is 297 g/mol. The Balaban J connectivity index is 1.72. The molecule has 1 aliphatic carbocycles. The quantitative estimate of drug-likeness (QED) is 0.797. The van der Waals surface area contributed by atoms with E-state index in [1.165, 1.54) is 32.1 Å². The lowest BCUT2D eigenvalue weighted by atomic mass is 9.80. The Morgan fingerprint density at radius 2 is 1.82 bits per heavy atom. The summed E-state index contributed by atoms with van der Waals surface area (Å²) >= 11 is 0. The summed E-state index contributed by atoms with van der Waals surface area (Å²) in [6.07, 6.45) is 10.2. The minimum atomic E-state index is 0.125. The predicted octanol–water partition coefficient (Wildman–Crippen LogP) is 3.61. The van der Waals surface area contributed by atoms with Crippen molar-refractivity contribution in [3.8, 4) is 0 Å². The second-order valence-electron chi connectivity index (χ2n) is 6.41. The fraction of sp³-hybridized carbons (Fsp3) is 0.474. The molecule has 0 aromatic heterocycles. The largest absolute Gasteiger partial charge is 0.366 e. The van der Waals surface area contributed by atoms with Gasteiger partial charge in [0.25, 0.3) is 0 Å². The highest BCUT2D eigenvalue weighted by atomic mass is 16.1. The first-order chi connectivity index (χ1) is 10.7. The van der Waals surface area contributed by atoms with Gasteiger partial charge in [0.1, 0.15) is 0 Å². The number of ketones is 2. The number of carbonyl (C=O) groups excluding carboxylic acids is 2. The van der Waals surface area contributed by atoms with Crippen LogP contribution in [0.25, 0.3) is 0 Å². The third-order valence-electron chi connectivity index (χ3n) is 4.90. The molecule has 1 atom stereocenters. The van der Waals surface area contributed by atoms with Gasteiger partial charge in [0.2, 0.25) is 0 Å². The molecule has 3 heteroatoms. The van der Waals surface area contributed by atoms with Crippen molar-refractivity contribution in [2.45, 2.75) is 44.6 Å². The maximum Gasteiger partial charge on any atom is 0.182 e. The molecule has 1 aromatic carbocycles. The van der Waals surface area contributed by atoms with Crippen LogP contribution < -0.4 is 0 Å². The minimum Gasteiger partial charge on any atom is -0.366 e. The number of allylic oxidation sites excluding steroid dienone is 1. The van der Waals surface area contributed by atoms with Crippen LogP contribution >= 0.6 is 0 Å². The lowest BCUT2D eigenvalue weighted by Gasteiger charge is -2.39. The molecular weight excluding hydrogens is 274 g/mol. The summed E-state index contributed by atoms with van der Waals surface area (Å²) in [7, 11) is 0. The Bertz CT molecular complexity index is 558. The van der Waals surface area contributed by atoms with Gasteiger partial charge in [-0.15, -0.1) is 0 Å². The van der Waals surface area contributed by atoms with E-state index in [9.17, 15) is 9.59 Å². The Labute approximate surface area is 132 Å². The number of Topliss-reactive ketones (excluding diaryl/α,β-unsaturated/α-hetero) is 1. The van der Waals surface area contributed by atoms with Crippen LogP contribution in [0.4, 0.5) is 0 Å². The van der Waals surface area contributed by atoms with Crippen LogP contribution in [0.15, 0.2) is 42.6 Å². The molecule has 1 aliphatic heterocycles. The van der Waals surface area contributed by atoms with Gasteiger partial charge in [-0.1, -0.05) is 49.6 Å². The first-order valence-corrected chi connectivity index (χ1v) is 8.29. The van der Waals surface area contributed by atoms with Crippen molar-refractivity contribution in [1.82, 2.24) is 4.90 Å². The standard InChI is InChI=1S/C19H23NO2/c21-17-11-12-20(14-19(22)16-9-5-2-6-10-16)18(13-17)15-7-3-1-4-8-15/h2,5-6,9-12,15,18H,1,3-4,7-8,13-14H2. The number of hydrogen-bond donors (Lipinski definition) is 0. The molecule has 116 valence electrons. The highest BCUT2D eigenvalue weighted by Crippen LogP contribution is 2.32. The zero-order valence-corrected chi connectivity index (χ0v) is 12.9. The van der Waals surface area contributed by atoms with Crippen molar-refractivity contribution >= 4 is 11.6 Å². The highest BCUT2D eigenvalue weighted by Gasteiger charge is 2.32. The van der Waals surface area contributed by atoms with Gasteiger partial charge in [0, 0.05) is 24.2 Å². The van der Waals surface area contributed by atoms with Crippen LogP contribution in [0.5, 0.6) is 0 Å². The average molecular weight is 297 g/mol. The number of rotatable bonds is 4. The minimum absolute atomic E-state index is 0.125. The lowest BCUT2D eigenvalue weighted by molar-refractivity contribution is -0.117. The molecule has 22 heavy (non-hydrogen) atoms. The molecule has 0 radical (unpaired) electrons. The summed E-state index contributed by atoms with van der Waals surface area (Å²) in [4.78, 5) is 26.4.